The minimum Gasteiger partial charge on any atom is -0.486 e. The van der Waals surface area contributed by atoms with Crippen LogP contribution in [0.1, 0.15) is 65.9 Å². The van der Waals surface area contributed by atoms with Gasteiger partial charge in [0.25, 0.3) is 5.91 Å². The molecule has 3 aliphatic heterocycles. The van der Waals surface area contributed by atoms with Crippen LogP contribution in [0.2, 0.25) is 0 Å². The number of rotatable bonds is 5. The molecule has 2 aromatic carbocycles. The molecule has 0 spiro atoms. The van der Waals surface area contributed by atoms with Gasteiger partial charge in [-0.3, -0.25) is 24.6 Å². The molecular weight excluding hydrogens is 461 g/mol. The van der Waals surface area contributed by atoms with E-state index in [1.54, 1.807) is 6.07 Å². The number of amides is 3. The smallest absolute Gasteiger partial charge is 0.255 e. The van der Waals surface area contributed by atoms with Crippen LogP contribution in [0, 0.1) is 5.82 Å². The fourth-order valence-electron chi connectivity index (χ4n) is 6.17. The lowest BCUT2D eigenvalue weighted by molar-refractivity contribution is -0.136. The molecule has 2 saturated heterocycles. The lowest BCUT2D eigenvalue weighted by Crippen LogP contribution is -2.57. The van der Waals surface area contributed by atoms with E-state index in [0.717, 1.165) is 38.8 Å². The largest absolute Gasteiger partial charge is 0.486 e. The molecule has 1 aliphatic carbocycles. The van der Waals surface area contributed by atoms with Gasteiger partial charge in [0, 0.05) is 43.6 Å². The van der Waals surface area contributed by atoms with Crippen molar-refractivity contribution in [3.8, 4) is 5.75 Å². The summed E-state index contributed by atoms with van der Waals surface area (Å²) in [4.78, 5) is 40.7. The van der Waals surface area contributed by atoms with Crippen molar-refractivity contribution in [1.29, 1.82) is 0 Å². The van der Waals surface area contributed by atoms with Crippen LogP contribution in [-0.2, 0) is 16.1 Å². The van der Waals surface area contributed by atoms with Crippen molar-refractivity contribution < 1.29 is 23.5 Å². The Morgan fingerprint density at radius 1 is 0.972 bits per heavy atom. The van der Waals surface area contributed by atoms with Gasteiger partial charge in [-0.05, 0) is 48.9 Å². The third kappa shape index (κ3) is 4.17. The maximum Gasteiger partial charge on any atom is 0.255 e. The number of ether oxygens (including phenoxy) is 1. The van der Waals surface area contributed by atoms with Gasteiger partial charge in [0.1, 0.15) is 12.1 Å². The van der Waals surface area contributed by atoms with Crippen molar-refractivity contribution in [3.05, 3.63) is 65.0 Å². The summed E-state index contributed by atoms with van der Waals surface area (Å²) < 4.78 is 21.4. The van der Waals surface area contributed by atoms with E-state index in [1.165, 1.54) is 16.5 Å². The number of imide groups is 1. The molecule has 6 rings (SSSR count). The van der Waals surface area contributed by atoms with Crippen LogP contribution in [0.4, 0.5) is 4.39 Å². The van der Waals surface area contributed by atoms with Crippen molar-refractivity contribution in [2.45, 2.75) is 69.2 Å². The quantitative estimate of drug-likeness (QED) is 0.649. The van der Waals surface area contributed by atoms with Gasteiger partial charge >= 0.3 is 0 Å². The number of carbonyl (C=O) groups is 3. The van der Waals surface area contributed by atoms with E-state index in [-0.39, 0.29) is 54.7 Å². The third-order valence-corrected chi connectivity index (χ3v) is 8.17. The van der Waals surface area contributed by atoms with E-state index in [1.807, 2.05) is 6.07 Å². The molecule has 0 bridgehead atoms. The van der Waals surface area contributed by atoms with Crippen LogP contribution < -0.4 is 10.1 Å². The van der Waals surface area contributed by atoms with Gasteiger partial charge in [0.05, 0.1) is 0 Å². The van der Waals surface area contributed by atoms with Crippen LogP contribution >= 0.6 is 0 Å². The standard InChI is InChI=1S/C28H30FN3O4/c29-21-13-20-18(16-32(28(20)35)23-10-11-26(33)30-27(23)34)12-25(21)36-24-9-5-4-8-22(24)31-14-19(15-31)17-6-2-1-3-7-17/h1-3,6-7,12-13,19,22-24H,4-5,8-11,14-16H2,(H,30,33,34)/t22-,23-,24+/m0/s1. The Labute approximate surface area is 209 Å². The van der Waals surface area contributed by atoms with Crippen LogP contribution in [0.25, 0.3) is 0 Å². The van der Waals surface area contributed by atoms with Gasteiger partial charge in [0.15, 0.2) is 11.6 Å². The first-order valence-corrected chi connectivity index (χ1v) is 12.9. The van der Waals surface area contributed by atoms with Crippen LogP contribution in [0.3, 0.4) is 0 Å². The average Bonchev–Trinajstić information content (AvgIpc) is 3.15. The fourth-order valence-corrected chi connectivity index (χ4v) is 6.17. The molecule has 7 nitrogen and oxygen atoms in total. The average molecular weight is 492 g/mol. The van der Waals surface area contributed by atoms with Crippen LogP contribution in [-0.4, -0.2) is 58.8 Å². The van der Waals surface area contributed by atoms with Crippen molar-refractivity contribution in [2.24, 2.45) is 0 Å². The number of piperidine rings is 1. The first kappa shape index (κ1) is 23.2. The Morgan fingerprint density at radius 3 is 2.53 bits per heavy atom. The zero-order valence-corrected chi connectivity index (χ0v) is 20.1. The predicted octanol–water partition coefficient (Wildman–Crippen LogP) is 3.38. The minimum atomic E-state index is -0.721. The maximum absolute atomic E-state index is 15.1. The minimum absolute atomic E-state index is 0.105. The first-order valence-electron chi connectivity index (χ1n) is 12.9. The van der Waals surface area contributed by atoms with Gasteiger partial charge in [0.2, 0.25) is 11.8 Å². The second kappa shape index (κ2) is 9.32. The lowest BCUT2D eigenvalue weighted by Gasteiger charge is -2.48. The van der Waals surface area contributed by atoms with Crippen molar-refractivity contribution in [3.63, 3.8) is 0 Å². The second-order valence-corrected chi connectivity index (χ2v) is 10.4. The molecule has 3 amide bonds. The number of benzene rings is 2. The monoisotopic (exact) mass is 491 g/mol. The molecule has 0 unspecified atom stereocenters. The Hall–Kier alpha value is -3.26. The summed E-state index contributed by atoms with van der Waals surface area (Å²) in [5.41, 5.74) is 2.27. The number of hydrogen-bond donors (Lipinski definition) is 1. The molecule has 0 aromatic heterocycles. The van der Waals surface area contributed by atoms with Gasteiger partial charge in [-0.1, -0.05) is 36.8 Å². The maximum atomic E-state index is 15.1. The summed E-state index contributed by atoms with van der Waals surface area (Å²) in [7, 11) is 0. The molecule has 4 aliphatic rings. The molecule has 3 fully saturated rings. The number of halogens is 1. The van der Waals surface area contributed by atoms with Crippen LogP contribution in [0.15, 0.2) is 42.5 Å². The summed E-state index contributed by atoms with van der Waals surface area (Å²) >= 11 is 0. The summed E-state index contributed by atoms with van der Waals surface area (Å²) in [5.74, 6) is -1.05. The van der Waals surface area contributed by atoms with Crippen molar-refractivity contribution in [2.75, 3.05) is 13.1 Å². The highest BCUT2D eigenvalue weighted by molar-refractivity contribution is 6.05. The molecule has 188 valence electrons. The molecule has 1 saturated carbocycles. The van der Waals surface area contributed by atoms with Crippen molar-refractivity contribution in [1.82, 2.24) is 15.1 Å². The van der Waals surface area contributed by atoms with Gasteiger partial charge in [-0.2, -0.15) is 0 Å². The number of nitrogens with zero attached hydrogens (tertiary/aromatic N) is 2. The van der Waals surface area contributed by atoms with Gasteiger partial charge < -0.3 is 9.64 Å². The molecule has 36 heavy (non-hydrogen) atoms. The topological polar surface area (TPSA) is 79.0 Å². The van der Waals surface area contributed by atoms with E-state index in [0.29, 0.717) is 11.5 Å². The SMILES string of the molecule is O=C1CC[C@H](N2Cc3cc(O[C@@H]4CCCC[C@@H]4N4CC(c5ccccc5)C4)c(F)cc3C2=O)C(=O)N1. The van der Waals surface area contributed by atoms with Gasteiger partial charge in [-0.15, -0.1) is 0 Å². The molecule has 1 N–H and O–H groups in total. The van der Waals surface area contributed by atoms with E-state index >= 15 is 4.39 Å². The van der Waals surface area contributed by atoms with Crippen molar-refractivity contribution >= 4 is 17.7 Å². The number of nitrogens with one attached hydrogen (secondary N) is 1. The highest BCUT2D eigenvalue weighted by Gasteiger charge is 2.41. The molecule has 2 aromatic rings. The number of hydrogen-bond acceptors (Lipinski definition) is 5. The van der Waals surface area contributed by atoms with E-state index < -0.39 is 17.8 Å². The predicted molar refractivity (Wildman–Crippen MR) is 130 cm³/mol. The number of carbonyl (C=O) groups excluding carboxylic acids is 3. The Bertz CT molecular complexity index is 1200. The number of fused-ring (bicyclic) bond motifs is 1. The summed E-state index contributed by atoms with van der Waals surface area (Å²) in [6.45, 7) is 2.17. The fraction of sp³-hybridized carbons (Fsp3) is 0.464. The highest BCUT2D eigenvalue weighted by atomic mass is 19.1. The first-order chi connectivity index (χ1) is 17.5. The second-order valence-electron chi connectivity index (χ2n) is 10.4. The normalized spacial score (nSPS) is 27.0. The molecule has 3 heterocycles. The lowest BCUT2D eigenvalue weighted by atomic mass is 9.84. The Balaban J connectivity index is 1.15. The highest BCUT2D eigenvalue weighted by Crippen LogP contribution is 2.37. The molecular formula is C28H30FN3O4. The summed E-state index contributed by atoms with van der Waals surface area (Å²) in [6, 6.07) is 12.9. The Kier molecular flexibility index (Phi) is 5.99. The van der Waals surface area contributed by atoms with E-state index in [9.17, 15) is 14.4 Å². The third-order valence-electron chi connectivity index (χ3n) is 8.17. The van der Waals surface area contributed by atoms with Gasteiger partial charge in [-0.25, -0.2) is 4.39 Å². The van der Waals surface area contributed by atoms with E-state index in [2.05, 4.69) is 34.5 Å². The summed E-state index contributed by atoms with van der Waals surface area (Å²) in [5, 5.41) is 2.30. The zero-order chi connectivity index (χ0) is 24.8. The zero-order valence-electron chi connectivity index (χ0n) is 20.1. The molecule has 3 atom stereocenters. The summed E-state index contributed by atoms with van der Waals surface area (Å²) in [6.07, 6.45) is 4.44. The Morgan fingerprint density at radius 2 is 1.75 bits per heavy atom. The molecule has 0 radical (unpaired) electrons. The van der Waals surface area contributed by atoms with Crippen LogP contribution in [0.5, 0.6) is 5.75 Å². The molecule has 8 heteroatoms. The number of likely N-dealkylation sites (tertiary alicyclic amines) is 1. The van der Waals surface area contributed by atoms with E-state index in [4.69, 9.17) is 4.74 Å².